The molecular weight excluding hydrogens is 286 g/mol. The number of ether oxygens (including phenoxy) is 2. The summed E-state index contributed by atoms with van der Waals surface area (Å²) in [6.45, 7) is 7.42. The molecule has 1 aromatic rings. The molecule has 1 aromatic carbocycles. The Labute approximate surface area is 134 Å². The van der Waals surface area contributed by atoms with Crippen LogP contribution in [0.4, 0.5) is 0 Å². The van der Waals surface area contributed by atoms with Crippen molar-refractivity contribution in [3.63, 3.8) is 0 Å². The predicted molar refractivity (Wildman–Crippen MR) is 89.3 cm³/mol. The number of halogens is 1. The van der Waals surface area contributed by atoms with Crippen LogP contribution in [0.5, 0.6) is 0 Å². The summed E-state index contributed by atoms with van der Waals surface area (Å²) in [5, 5.41) is 4.32. The normalized spacial score (nSPS) is 12.8. The largest absolute Gasteiger partial charge is 0.382 e. The standard InChI is InChI=1S/C17H28ClNO2/c1-14(2)19-13-16(7-5-9-21-11-10-20-3)15-6-4-8-17(18)12-15/h4,6,8,12,14,16,19H,5,7,9-11,13H2,1-3H3. The minimum Gasteiger partial charge on any atom is -0.382 e. The summed E-state index contributed by atoms with van der Waals surface area (Å²) in [6, 6.07) is 8.66. The molecule has 0 aliphatic rings. The molecule has 0 radical (unpaired) electrons. The summed E-state index contributed by atoms with van der Waals surface area (Å²) >= 11 is 6.11. The number of methoxy groups -OCH3 is 1. The Balaban J connectivity index is 2.45. The van der Waals surface area contributed by atoms with E-state index in [4.69, 9.17) is 21.1 Å². The third kappa shape index (κ3) is 8.42. The zero-order valence-electron chi connectivity index (χ0n) is 13.4. The molecule has 1 unspecified atom stereocenters. The Morgan fingerprint density at radius 1 is 1.19 bits per heavy atom. The highest BCUT2D eigenvalue weighted by molar-refractivity contribution is 6.30. The highest BCUT2D eigenvalue weighted by Crippen LogP contribution is 2.23. The van der Waals surface area contributed by atoms with Crippen molar-refractivity contribution in [2.45, 2.75) is 38.6 Å². The van der Waals surface area contributed by atoms with Crippen molar-refractivity contribution in [3.05, 3.63) is 34.9 Å². The Hall–Kier alpha value is -0.610. The third-order valence-electron chi connectivity index (χ3n) is 3.37. The molecule has 0 aromatic heterocycles. The van der Waals surface area contributed by atoms with E-state index in [1.54, 1.807) is 7.11 Å². The summed E-state index contributed by atoms with van der Waals surface area (Å²) in [7, 11) is 1.69. The van der Waals surface area contributed by atoms with Gasteiger partial charge in [0.25, 0.3) is 0 Å². The summed E-state index contributed by atoms with van der Waals surface area (Å²) in [6.07, 6.45) is 2.13. The van der Waals surface area contributed by atoms with E-state index in [0.29, 0.717) is 25.2 Å². The van der Waals surface area contributed by atoms with E-state index in [1.165, 1.54) is 5.56 Å². The second kappa shape index (κ2) is 11.0. The molecule has 1 atom stereocenters. The zero-order chi connectivity index (χ0) is 15.5. The predicted octanol–water partition coefficient (Wildman–Crippen LogP) is 3.86. The van der Waals surface area contributed by atoms with Crippen LogP contribution in [0.2, 0.25) is 5.02 Å². The molecule has 1 rings (SSSR count). The van der Waals surface area contributed by atoms with E-state index in [0.717, 1.165) is 31.0 Å². The van der Waals surface area contributed by atoms with Gasteiger partial charge in [-0.15, -0.1) is 0 Å². The fourth-order valence-electron chi connectivity index (χ4n) is 2.20. The topological polar surface area (TPSA) is 30.5 Å². The molecular formula is C17H28ClNO2. The SMILES string of the molecule is COCCOCCCC(CNC(C)C)c1cccc(Cl)c1. The van der Waals surface area contributed by atoms with Crippen molar-refractivity contribution in [1.82, 2.24) is 5.32 Å². The van der Waals surface area contributed by atoms with E-state index in [9.17, 15) is 0 Å². The van der Waals surface area contributed by atoms with Crippen LogP contribution in [-0.4, -0.2) is 39.5 Å². The van der Waals surface area contributed by atoms with Crippen LogP contribution in [-0.2, 0) is 9.47 Å². The van der Waals surface area contributed by atoms with E-state index in [2.05, 4.69) is 31.3 Å². The van der Waals surface area contributed by atoms with Crippen molar-refractivity contribution in [3.8, 4) is 0 Å². The minimum absolute atomic E-state index is 0.470. The van der Waals surface area contributed by atoms with Gasteiger partial charge < -0.3 is 14.8 Å². The second-order valence-corrected chi connectivity index (χ2v) is 6.00. The molecule has 0 saturated carbocycles. The molecule has 0 aliphatic carbocycles. The molecule has 0 saturated heterocycles. The van der Waals surface area contributed by atoms with Crippen molar-refractivity contribution in [1.29, 1.82) is 0 Å². The summed E-state index contributed by atoms with van der Waals surface area (Å²) < 4.78 is 10.5. The van der Waals surface area contributed by atoms with E-state index in [1.807, 2.05) is 12.1 Å². The van der Waals surface area contributed by atoms with Gasteiger partial charge in [0.05, 0.1) is 13.2 Å². The molecule has 1 N–H and O–H groups in total. The van der Waals surface area contributed by atoms with Gasteiger partial charge in [0, 0.05) is 31.3 Å². The first-order valence-electron chi connectivity index (χ1n) is 7.69. The third-order valence-corrected chi connectivity index (χ3v) is 3.60. The van der Waals surface area contributed by atoms with Crippen molar-refractivity contribution in [2.75, 3.05) is 33.5 Å². The van der Waals surface area contributed by atoms with E-state index in [-0.39, 0.29) is 0 Å². The molecule has 0 spiro atoms. The summed E-state index contributed by atoms with van der Waals surface area (Å²) in [5.41, 5.74) is 1.30. The lowest BCUT2D eigenvalue weighted by Crippen LogP contribution is -2.28. The van der Waals surface area contributed by atoms with Gasteiger partial charge in [-0.05, 0) is 36.5 Å². The van der Waals surface area contributed by atoms with Gasteiger partial charge in [-0.3, -0.25) is 0 Å². The van der Waals surface area contributed by atoms with Crippen LogP contribution in [0.15, 0.2) is 24.3 Å². The number of nitrogens with one attached hydrogen (secondary N) is 1. The van der Waals surface area contributed by atoms with Gasteiger partial charge in [-0.25, -0.2) is 0 Å². The van der Waals surface area contributed by atoms with Crippen molar-refractivity contribution >= 4 is 11.6 Å². The molecule has 0 aliphatic heterocycles. The fourth-order valence-corrected chi connectivity index (χ4v) is 2.40. The lowest BCUT2D eigenvalue weighted by atomic mass is 9.94. The average Bonchev–Trinajstić information content (AvgIpc) is 2.45. The smallest absolute Gasteiger partial charge is 0.0700 e. The van der Waals surface area contributed by atoms with Crippen LogP contribution in [0, 0.1) is 0 Å². The summed E-state index contributed by atoms with van der Waals surface area (Å²) in [5.74, 6) is 0.470. The van der Waals surface area contributed by atoms with Crippen molar-refractivity contribution < 1.29 is 9.47 Å². The van der Waals surface area contributed by atoms with Crippen LogP contribution in [0.25, 0.3) is 0 Å². The van der Waals surface area contributed by atoms with Crippen LogP contribution < -0.4 is 5.32 Å². The lowest BCUT2D eigenvalue weighted by molar-refractivity contribution is 0.0681. The molecule has 21 heavy (non-hydrogen) atoms. The van der Waals surface area contributed by atoms with Crippen LogP contribution in [0.1, 0.15) is 38.2 Å². The molecule has 3 nitrogen and oxygen atoms in total. The van der Waals surface area contributed by atoms with Gasteiger partial charge in [-0.2, -0.15) is 0 Å². The number of hydrogen-bond donors (Lipinski definition) is 1. The molecule has 0 fully saturated rings. The van der Waals surface area contributed by atoms with E-state index >= 15 is 0 Å². The highest BCUT2D eigenvalue weighted by atomic mass is 35.5. The molecule has 0 heterocycles. The van der Waals surface area contributed by atoms with Gasteiger partial charge >= 0.3 is 0 Å². The Morgan fingerprint density at radius 3 is 2.67 bits per heavy atom. The number of hydrogen-bond acceptors (Lipinski definition) is 3. The quantitative estimate of drug-likeness (QED) is 0.629. The average molecular weight is 314 g/mol. The minimum atomic E-state index is 0.470. The van der Waals surface area contributed by atoms with E-state index < -0.39 is 0 Å². The first-order chi connectivity index (χ1) is 10.1. The van der Waals surface area contributed by atoms with Gasteiger partial charge in [0.1, 0.15) is 0 Å². The highest BCUT2D eigenvalue weighted by Gasteiger charge is 2.12. The maximum Gasteiger partial charge on any atom is 0.0700 e. The molecule has 0 bridgehead atoms. The Kier molecular flexibility index (Phi) is 9.68. The second-order valence-electron chi connectivity index (χ2n) is 5.56. The maximum absolute atomic E-state index is 6.11. The molecule has 120 valence electrons. The van der Waals surface area contributed by atoms with Gasteiger partial charge in [0.2, 0.25) is 0 Å². The maximum atomic E-state index is 6.11. The molecule has 4 heteroatoms. The Bertz CT molecular complexity index is 385. The first-order valence-corrected chi connectivity index (χ1v) is 8.06. The van der Waals surface area contributed by atoms with Crippen LogP contribution >= 0.6 is 11.6 Å². The monoisotopic (exact) mass is 313 g/mol. The Morgan fingerprint density at radius 2 is 2.00 bits per heavy atom. The lowest BCUT2D eigenvalue weighted by Gasteiger charge is -2.20. The van der Waals surface area contributed by atoms with Crippen LogP contribution in [0.3, 0.4) is 0 Å². The van der Waals surface area contributed by atoms with Gasteiger partial charge in [-0.1, -0.05) is 37.6 Å². The van der Waals surface area contributed by atoms with Gasteiger partial charge in [0.15, 0.2) is 0 Å². The fraction of sp³-hybridized carbons (Fsp3) is 0.647. The first kappa shape index (κ1) is 18.4. The number of rotatable bonds is 11. The number of benzene rings is 1. The zero-order valence-corrected chi connectivity index (χ0v) is 14.2. The summed E-state index contributed by atoms with van der Waals surface area (Å²) in [4.78, 5) is 0. The molecule has 0 amide bonds. The van der Waals surface area contributed by atoms with Crippen molar-refractivity contribution in [2.24, 2.45) is 0 Å².